The molecule has 0 amide bonds. The average Bonchev–Trinajstić information content (AvgIpc) is 2.80. The summed E-state index contributed by atoms with van der Waals surface area (Å²) < 4.78 is 5.27. The van der Waals surface area contributed by atoms with E-state index >= 15 is 0 Å². The van der Waals surface area contributed by atoms with Gasteiger partial charge in [0, 0.05) is 16.5 Å². The molecule has 4 heteroatoms. The molecule has 0 atom stereocenters. The molecule has 0 aliphatic heterocycles. The van der Waals surface area contributed by atoms with E-state index in [0.29, 0.717) is 33.9 Å². The minimum atomic E-state index is -0.640. The van der Waals surface area contributed by atoms with E-state index in [2.05, 4.69) is 0 Å². The largest absolute Gasteiger partial charge is 0.506 e. The monoisotopic (exact) mass is 410 g/mol. The number of benzene rings is 4. The van der Waals surface area contributed by atoms with Gasteiger partial charge in [0.05, 0.1) is 6.61 Å². The summed E-state index contributed by atoms with van der Waals surface area (Å²) in [4.78, 5) is 26.6. The van der Waals surface area contributed by atoms with Gasteiger partial charge in [-0.15, -0.1) is 0 Å². The van der Waals surface area contributed by atoms with Gasteiger partial charge in [0.2, 0.25) is 0 Å². The lowest BCUT2D eigenvalue weighted by Gasteiger charge is -2.19. The van der Waals surface area contributed by atoms with Crippen LogP contribution in [-0.2, 0) is 11.2 Å². The van der Waals surface area contributed by atoms with E-state index in [1.807, 2.05) is 42.5 Å². The highest BCUT2D eigenvalue weighted by molar-refractivity contribution is 6.20. The molecule has 154 valence electrons. The number of fused-ring (bicyclic) bond motifs is 1. The van der Waals surface area contributed by atoms with Gasteiger partial charge in [-0.1, -0.05) is 84.9 Å². The van der Waals surface area contributed by atoms with Crippen LogP contribution in [0.5, 0.6) is 5.75 Å². The number of esters is 1. The minimum absolute atomic E-state index is 0.0451. The van der Waals surface area contributed by atoms with Crippen molar-refractivity contribution < 1.29 is 19.4 Å². The van der Waals surface area contributed by atoms with Crippen LogP contribution in [0.15, 0.2) is 84.9 Å². The standard InChI is InChI=1S/C27H22O4/c1-2-31-27(30)24-22(17-18-11-5-3-6-12-18)23(25(28)19-13-7-4-8-14-19)20-15-9-10-16-21(20)26(24)29/h3-16,29H,2,17H2,1H3. The second kappa shape index (κ2) is 8.84. The Labute approximate surface area is 180 Å². The topological polar surface area (TPSA) is 63.6 Å². The number of carbonyl (C=O) groups excluding carboxylic acids is 2. The zero-order chi connectivity index (χ0) is 21.8. The molecule has 4 aromatic carbocycles. The van der Waals surface area contributed by atoms with Crippen molar-refractivity contribution in [2.45, 2.75) is 13.3 Å². The smallest absolute Gasteiger partial charge is 0.342 e. The molecule has 4 nitrogen and oxygen atoms in total. The molecular weight excluding hydrogens is 388 g/mol. The van der Waals surface area contributed by atoms with E-state index < -0.39 is 5.97 Å². The molecule has 0 aromatic heterocycles. The molecule has 0 unspecified atom stereocenters. The van der Waals surface area contributed by atoms with E-state index in [1.54, 1.807) is 49.4 Å². The lowest BCUT2D eigenvalue weighted by atomic mass is 9.85. The van der Waals surface area contributed by atoms with Gasteiger partial charge >= 0.3 is 5.97 Å². The number of hydrogen-bond donors (Lipinski definition) is 1. The lowest BCUT2D eigenvalue weighted by molar-refractivity contribution is 0.0522. The van der Waals surface area contributed by atoms with Crippen LogP contribution in [0.2, 0.25) is 0 Å². The number of rotatable bonds is 6. The van der Waals surface area contributed by atoms with Gasteiger partial charge < -0.3 is 9.84 Å². The number of phenols is 1. The number of ether oxygens (including phenoxy) is 1. The first-order valence-corrected chi connectivity index (χ1v) is 10.2. The summed E-state index contributed by atoms with van der Waals surface area (Å²) >= 11 is 0. The zero-order valence-electron chi connectivity index (χ0n) is 17.2. The van der Waals surface area contributed by atoms with Crippen LogP contribution in [0, 0.1) is 0 Å². The molecule has 0 saturated carbocycles. The molecule has 0 aliphatic carbocycles. The van der Waals surface area contributed by atoms with Crippen molar-refractivity contribution in [3.63, 3.8) is 0 Å². The second-order valence-electron chi connectivity index (χ2n) is 7.20. The maximum absolute atomic E-state index is 13.7. The van der Waals surface area contributed by atoms with Crippen molar-refractivity contribution in [2.24, 2.45) is 0 Å². The van der Waals surface area contributed by atoms with Gasteiger partial charge in [0.15, 0.2) is 5.78 Å². The normalized spacial score (nSPS) is 10.7. The fraction of sp³-hybridized carbons (Fsp3) is 0.111. The first-order chi connectivity index (χ1) is 15.1. The summed E-state index contributed by atoms with van der Waals surface area (Å²) in [5.41, 5.74) is 2.36. The molecule has 1 N–H and O–H groups in total. The van der Waals surface area contributed by atoms with Crippen molar-refractivity contribution >= 4 is 22.5 Å². The molecule has 0 spiro atoms. The van der Waals surface area contributed by atoms with Gasteiger partial charge in [-0.2, -0.15) is 0 Å². The van der Waals surface area contributed by atoms with Gasteiger partial charge in [-0.25, -0.2) is 4.79 Å². The highest BCUT2D eigenvalue weighted by Gasteiger charge is 2.28. The predicted molar refractivity (Wildman–Crippen MR) is 121 cm³/mol. The Morgan fingerprint density at radius 3 is 2.00 bits per heavy atom. The van der Waals surface area contributed by atoms with Crippen LogP contribution in [0.1, 0.15) is 44.3 Å². The van der Waals surface area contributed by atoms with Crippen molar-refractivity contribution in [1.29, 1.82) is 0 Å². The van der Waals surface area contributed by atoms with E-state index in [9.17, 15) is 14.7 Å². The van der Waals surface area contributed by atoms with E-state index in [-0.39, 0.29) is 23.7 Å². The van der Waals surface area contributed by atoms with Crippen LogP contribution in [0.3, 0.4) is 0 Å². The molecule has 31 heavy (non-hydrogen) atoms. The molecule has 4 aromatic rings. The Balaban J connectivity index is 2.07. The molecule has 4 rings (SSSR count). The number of carbonyl (C=O) groups is 2. The fourth-order valence-corrected chi connectivity index (χ4v) is 3.87. The molecule has 0 saturated heterocycles. The highest BCUT2D eigenvalue weighted by atomic mass is 16.5. The van der Waals surface area contributed by atoms with Crippen molar-refractivity contribution in [2.75, 3.05) is 6.61 Å². The number of phenolic OH excluding ortho intramolecular Hbond substituents is 1. The third-order valence-electron chi connectivity index (χ3n) is 5.26. The van der Waals surface area contributed by atoms with Crippen LogP contribution < -0.4 is 0 Å². The number of ketones is 1. The molecule has 0 heterocycles. The Morgan fingerprint density at radius 2 is 1.35 bits per heavy atom. The summed E-state index contributed by atoms with van der Waals surface area (Å²) in [6.45, 7) is 1.88. The maximum Gasteiger partial charge on any atom is 0.342 e. The summed E-state index contributed by atoms with van der Waals surface area (Å²) in [5.74, 6) is -1.00. The van der Waals surface area contributed by atoms with Gasteiger partial charge in [-0.05, 0) is 29.9 Å². The maximum atomic E-state index is 13.7. The molecule has 0 fully saturated rings. The predicted octanol–water partition coefficient (Wildman–Crippen LogP) is 5.54. The Kier molecular flexibility index (Phi) is 5.80. The van der Waals surface area contributed by atoms with Gasteiger partial charge in [0.1, 0.15) is 11.3 Å². The summed E-state index contributed by atoms with van der Waals surface area (Å²) in [5, 5.41) is 12.1. The summed E-state index contributed by atoms with van der Waals surface area (Å²) in [6, 6.07) is 25.6. The number of hydrogen-bond acceptors (Lipinski definition) is 4. The van der Waals surface area contributed by atoms with E-state index in [1.165, 1.54) is 0 Å². The lowest BCUT2D eigenvalue weighted by Crippen LogP contribution is -2.15. The molecule has 0 bridgehead atoms. The van der Waals surface area contributed by atoms with E-state index in [4.69, 9.17) is 4.74 Å². The van der Waals surface area contributed by atoms with Crippen LogP contribution >= 0.6 is 0 Å². The SMILES string of the molecule is CCOC(=O)c1c(Cc2ccccc2)c(C(=O)c2ccccc2)c2ccccc2c1O. The van der Waals surface area contributed by atoms with Crippen LogP contribution in [0.4, 0.5) is 0 Å². The third kappa shape index (κ3) is 3.92. The van der Waals surface area contributed by atoms with E-state index in [0.717, 1.165) is 5.56 Å². The summed E-state index contributed by atoms with van der Waals surface area (Å²) in [6.07, 6.45) is 0.307. The Bertz CT molecular complexity index is 1240. The van der Waals surface area contributed by atoms with Gasteiger partial charge in [0.25, 0.3) is 0 Å². The fourth-order valence-electron chi connectivity index (χ4n) is 3.87. The second-order valence-corrected chi connectivity index (χ2v) is 7.20. The first-order valence-electron chi connectivity index (χ1n) is 10.2. The number of aromatic hydroxyl groups is 1. The Morgan fingerprint density at radius 1 is 0.774 bits per heavy atom. The molecule has 0 radical (unpaired) electrons. The third-order valence-corrected chi connectivity index (χ3v) is 5.26. The quantitative estimate of drug-likeness (QED) is 0.335. The van der Waals surface area contributed by atoms with Crippen LogP contribution in [0.25, 0.3) is 10.8 Å². The van der Waals surface area contributed by atoms with Gasteiger partial charge in [-0.3, -0.25) is 4.79 Å². The van der Waals surface area contributed by atoms with Crippen LogP contribution in [-0.4, -0.2) is 23.5 Å². The zero-order valence-corrected chi connectivity index (χ0v) is 17.2. The molecular formula is C27H22O4. The average molecular weight is 410 g/mol. The highest BCUT2D eigenvalue weighted by Crippen LogP contribution is 2.38. The summed E-state index contributed by atoms with van der Waals surface area (Å²) in [7, 11) is 0. The molecule has 0 aliphatic rings. The first kappa shape index (κ1) is 20.4. The van der Waals surface area contributed by atoms with Crippen molar-refractivity contribution in [3.8, 4) is 5.75 Å². The van der Waals surface area contributed by atoms with Crippen molar-refractivity contribution in [3.05, 3.63) is 113 Å². The Hall–Kier alpha value is -3.92. The minimum Gasteiger partial charge on any atom is -0.506 e. The van der Waals surface area contributed by atoms with Crippen molar-refractivity contribution in [1.82, 2.24) is 0 Å².